The Morgan fingerprint density at radius 2 is 1.80 bits per heavy atom. The molecule has 1 fully saturated rings. The van der Waals surface area contributed by atoms with Crippen LogP contribution in [0.3, 0.4) is 0 Å². The van der Waals surface area contributed by atoms with Crippen molar-refractivity contribution in [3.63, 3.8) is 0 Å². The van der Waals surface area contributed by atoms with E-state index in [2.05, 4.69) is 18.0 Å². The van der Waals surface area contributed by atoms with Crippen molar-refractivity contribution in [2.75, 3.05) is 38.1 Å². The van der Waals surface area contributed by atoms with Gasteiger partial charge < -0.3 is 14.7 Å². The highest BCUT2D eigenvalue weighted by Gasteiger charge is 2.40. The Morgan fingerprint density at radius 1 is 1.07 bits per heavy atom. The number of hydrogen-bond donors (Lipinski definition) is 0. The van der Waals surface area contributed by atoms with Gasteiger partial charge in [-0.2, -0.15) is 0 Å². The minimum Gasteiger partial charge on any atom is -0.340 e. The summed E-state index contributed by atoms with van der Waals surface area (Å²) in [6.45, 7) is 3.11. The molecule has 2 aromatic rings. The molecular weight excluding hydrogens is 381 g/mol. The van der Waals surface area contributed by atoms with Gasteiger partial charge in [0, 0.05) is 37.4 Å². The van der Waals surface area contributed by atoms with Crippen LogP contribution < -0.4 is 4.90 Å². The van der Waals surface area contributed by atoms with Gasteiger partial charge in [-0.3, -0.25) is 9.59 Å². The Morgan fingerprint density at radius 3 is 2.53 bits per heavy atom. The first-order chi connectivity index (χ1) is 14.5. The van der Waals surface area contributed by atoms with Crippen LogP contribution >= 0.6 is 0 Å². The van der Waals surface area contributed by atoms with Crippen LogP contribution in [-0.4, -0.2) is 54.8 Å². The standard InChI is InChI=1S/C24H26FN3O2/c1-26-8-10-27(11-9-26)23(29)15-22-20-12-16-4-2-5-17(16)13-21(20)24(30)28(22)19-7-3-6-18(25)14-19/h3,6-7,12-14,22H,2,4-5,8-11,15H2,1H3/t22-/m0/s1. The number of carbonyl (C=O) groups is 2. The van der Waals surface area contributed by atoms with Gasteiger partial charge in [0.1, 0.15) is 5.82 Å². The summed E-state index contributed by atoms with van der Waals surface area (Å²) in [7, 11) is 2.06. The number of piperazine rings is 1. The molecule has 2 aromatic carbocycles. The van der Waals surface area contributed by atoms with Crippen LogP contribution in [0.2, 0.25) is 0 Å². The van der Waals surface area contributed by atoms with Gasteiger partial charge in [0.25, 0.3) is 5.91 Å². The Hall–Kier alpha value is -2.73. The highest BCUT2D eigenvalue weighted by Crippen LogP contribution is 2.42. The van der Waals surface area contributed by atoms with E-state index in [0.29, 0.717) is 24.3 Å². The van der Waals surface area contributed by atoms with Crippen LogP contribution in [0.4, 0.5) is 10.1 Å². The van der Waals surface area contributed by atoms with E-state index in [1.54, 1.807) is 17.0 Å². The zero-order chi connectivity index (χ0) is 20.8. The van der Waals surface area contributed by atoms with Crippen molar-refractivity contribution < 1.29 is 14.0 Å². The molecule has 0 N–H and O–H groups in total. The third kappa shape index (κ3) is 3.29. The van der Waals surface area contributed by atoms with Crippen molar-refractivity contribution >= 4 is 17.5 Å². The summed E-state index contributed by atoms with van der Waals surface area (Å²) in [6, 6.07) is 9.84. The predicted octanol–water partition coefficient (Wildman–Crippen LogP) is 3.18. The SMILES string of the molecule is CN1CCN(C(=O)C[C@H]2c3cc4c(cc3C(=O)N2c2cccc(F)c2)CCC4)CC1. The number of anilines is 1. The number of rotatable bonds is 3. The lowest BCUT2D eigenvalue weighted by Crippen LogP contribution is -2.47. The lowest BCUT2D eigenvalue weighted by Gasteiger charge is -2.34. The summed E-state index contributed by atoms with van der Waals surface area (Å²) >= 11 is 0. The first-order valence-corrected chi connectivity index (χ1v) is 10.7. The molecular formula is C24H26FN3O2. The van der Waals surface area contributed by atoms with Crippen molar-refractivity contribution in [2.24, 2.45) is 0 Å². The molecule has 5 nitrogen and oxygen atoms in total. The minimum absolute atomic E-state index is 0.0515. The molecule has 2 aliphatic heterocycles. The van der Waals surface area contributed by atoms with Crippen molar-refractivity contribution in [1.29, 1.82) is 0 Å². The molecule has 2 heterocycles. The summed E-state index contributed by atoms with van der Waals surface area (Å²) in [4.78, 5) is 32.3. The molecule has 0 spiro atoms. The zero-order valence-electron chi connectivity index (χ0n) is 17.2. The molecule has 2 amide bonds. The molecule has 0 bridgehead atoms. The fourth-order valence-corrected chi connectivity index (χ4v) is 4.99. The molecule has 1 atom stereocenters. The van der Waals surface area contributed by atoms with Crippen LogP contribution in [0.1, 0.15) is 45.9 Å². The summed E-state index contributed by atoms with van der Waals surface area (Å²) < 4.78 is 14.0. The lowest BCUT2D eigenvalue weighted by molar-refractivity contribution is -0.133. The number of fused-ring (bicyclic) bond motifs is 2. The largest absolute Gasteiger partial charge is 0.340 e. The molecule has 156 valence electrons. The van der Waals surface area contributed by atoms with Crippen LogP contribution in [0.5, 0.6) is 0 Å². The topological polar surface area (TPSA) is 43.9 Å². The van der Waals surface area contributed by atoms with Gasteiger partial charge in [-0.15, -0.1) is 0 Å². The van der Waals surface area contributed by atoms with Crippen molar-refractivity contribution in [3.8, 4) is 0 Å². The number of aryl methyl sites for hydroxylation is 2. The van der Waals surface area contributed by atoms with Gasteiger partial charge in [-0.05, 0) is 67.3 Å². The number of halogens is 1. The molecule has 1 aliphatic carbocycles. The van der Waals surface area contributed by atoms with E-state index in [1.165, 1.54) is 23.3 Å². The van der Waals surface area contributed by atoms with Gasteiger partial charge >= 0.3 is 0 Å². The molecule has 30 heavy (non-hydrogen) atoms. The molecule has 0 radical (unpaired) electrons. The monoisotopic (exact) mass is 407 g/mol. The fraction of sp³-hybridized carbons (Fsp3) is 0.417. The first-order valence-electron chi connectivity index (χ1n) is 10.7. The number of carbonyl (C=O) groups excluding carboxylic acids is 2. The Labute approximate surface area is 176 Å². The van der Waals surface area contributed by atoms with E-state index in [1.807, 2.05) is 11.0 Å². The Kier molecular flexibility index (Phi) is 4.82. The maximum atomic E-state index is 14.0. The maximum Gasteiger partial charge on any atom is 0.259 e. The summed E-state index contributed by atoms with van der Waals surface area (Å²) in [5.74, 6) is -0.472. The smallest absolute Gasteiger partial charge is 0.259 e. The lowest BCUT2D eigenvalue weighted by atomic mass is 9.96. The molecule has 0 saturated carbocycles. The van der Waals surface area contributed by atoms with Crippen LogP contribution in [-0.2, 0) is 17.6 Å². The number of hydrogen-bond acceptors (Lipinski definition) is 3. The van der Waals surface area contributed by atoms with Gasteiger partial charge in [0.2, 0.25) is 5.91 Å². The Balaban J connectivity index is 1.51. The van der Waals surface area contributed by atoms with Crippen molar-refractivity contribution in [2.45, 2.75) is 31.7 Å². The molecule has 1 saturated heterocycles. The van der Waals surface area contributed by atoms with Gasteiger partial charge in [-0.25, -0.2) is 4.39 Å². The van der Waals surface area contributed by atoms with Crippen molar-refractivity contribution in [1.82, 2.24) is 9.80 Å². The van der Waals surface area contributed by atoms with Gasteiger partial charge in [0.15, 0.2) is 0 Å². The predicted molar refractivity (Wildman–Crippen MR) is 113 cm³/mol. The highest BCUT2D eigenvalue weighted by molar-refractivity contribution is 6.11. The average Bonchev–Trinajstić information content (AvgIpc) is 3.29. The summed E-state index contributed by atoms with van der Waals surface area (Å²) in [5, 5.41) is 0. The van der Waals surface area contributed by atoms with E-state index in [4.69, 9.17) is 0 Å². The summed E-state index contributed by atoms with van der Waals surface area (Å²) in [5.41, 5.74) is 4.59. The van der Waals surface area contributed by atoms with Crippen LogP contribution in [0.15, 0.2) is 36.4 Å². The van der Waals surface area contributed by atoms with Gasteiger partial charge in [0.05, 0.1) is 12.5 Å². The molecule has 0 aromatic heterocycles. The molecule has 6 heteroatoms. The van der Waals surface area contributed by atoms with E-state index >= 15 is 0 Å². The van der Waals surface area contributed by atoms with Crippen molar-refractivity contribution in [3.05, 3.63) is 64.5 Å². The van der Waals surface area contributed by atoms with Crippen LogP contribution in [0.25, 0.3) is 0 Å². The minimum atomic E-state index is -0.396. The average molecular weight is 407 g/mol. The fourth-order valence-electron chi connectivity index (χ4n) is 4.99. The highest BCUT2D eigenvalue weighted by atomic mass is 19.1. The number of nitrogens with zero attached hydrogens (tertiary/aromatic N) is 3. The third-order valence-corrected chi connectivity index (χ3v) is 6.69. The molecule has 3 aliphatic rings. The van der Waals surface area contributed by atoms with E-state index in [-0.39, 0.29) is 24.1 Å². The van der Waals surface area contributed by atoms with Crippen LogP contribution in [0, 0.1) is 5.82 Å². The maximum absolute atomic E-state index is 14.0. The first kappa shape index (κ1) is 19.2. The number of benzene rings is 2. The zero-order valence-corrected chi connectivity index (χ0v) is 17.2. The van der Waals surface area contributed by atoms with E-state index in [9.17, 15) is 14.0 Å². The second-order valence-corrected chi connectivity index (χ2v) is 8.62. The number of amides is 2. The molecule has 5 rings (SSSR count). The quantitative estimate of drug-likeness (QED) is 0.785. The normalized spacial score (nSPS) is 21.1. The summed E-state index contributed by atoms with van der Waals surface area (Å²) in [6.07, 6.45) is 3.32. The second kappa shape index (κ2) is 7.51. The van der Waals surface area contributed by atoms with E-state index < -0.39 is 6.04 Å². The molecule has 0 unspecified atom stereocenters. The van der Waals surface area contributed by atoms with E-state index in [0.717, 1.165) is 37.9 Å². The van der Waals surface area contributed by atoms with Gasteiger partial charge in [-0.1, -0.05) is 12.1 Å². The number of likely N-dealkylation sites (N-methyl/N-ethyl adjacent to an activating group) is 1. The second-order valence-electron chi connectivity index (χ2n) is 8.62. The Bertz CT molecular complexity index is 1010. The third-order valence-electron chi connectivity index (χ3n) is 6.69.